The molecule has 16 heavy (non-hydrogen) atoms. The van der Waals surface area contributed by atoms with Gasteiger partial charge in [0.05, 0.1) is 0 Å². The second kappa shape index (κ2) is 5.40. The first-order valence-corrected chi connectivity index (χ1v) is 7.56. The molecule has 1 aliphatic rings. The van der Waals surface area contributed by atoms with Crippen LogP contribution in [-0.4, -0.2) is 34.9 Å². The van der Waals surface area contributed by atoms with Crippen LogP contribution in [0, 0.1) is 3.57 Å². The van der Waals surface area contributed by atoms with Gasteiger partial charge in [0.2, 0.25) is 0 Å². The Kier molecular flexibility index (Phi) is 4.13. The van der Waals surface area contributed by atoms with Crippen molar-refractivity contribution >= 4 is 40.3 Å². The maximum atomic E-state index is 12.3. The van der Waals surface area contributed by atoms with Gasteiger partial charge in [0, 0.05) is 33.2 Å². The van der Waals surface area contributed by atoms with Crippen LogP contribution >= 0.6 is 34.4 Å². The summed E-state index contributed by atoms with van der Waals surface area (Å²) in [5, 5.41) is 0. The van der Waals surface area contributed by atoms with Crippen molar-refractivity contribution in [2.45, 2.75) is 13.0 Å². The Morgan fingerprint density at radius 2 is 2.38 bits per heavy atom. The maximum Gasteiger partial charge on any atom is 0.254 e. The van der Waals surface area contributed by atoms with E-state index in [1.807, 2.05) is 40.9 Å². The van der Waals surface area contributed by atoms with Crippen molar-refractivity contribution in [3.63, 3.8) is 0 Å². The standard InChI is InChI=1S/C12H14INOS/c1-9-8-16-6-5-14(9)12(15)10-3-2-4-11(13)7-10/h2-4,7,9H,5-6,8H2,1H3. The maximum absolute atomic E-state index is 12.3. The Labute approximate surface area is 114 Å². The normalized spacial score (nSPS) is 20.9. The van der Waals surface area contributed by atoms with Gasteiger partial charge in [-0.15, -0.1) is 0 Å². The summed E-state index contributed by atoms with van der Waals surface area (Å²) in [7, 11) is 0. The van der Waals surface area contributed by atoms with Crippen LogP contribution in [0.1, 0.15) is 17.3 Å². The fourth-order valence-electron chi connectivity index (χ4n) is 1.82. The van der Waals surface area contributed by atoms with Crippen LogP contribution in [-0.2, 0) is 0 Å². The Morgan fingerprint density at radius 3 is 3.06 bits per heavy atom. The number of hydrogen-bond donors (Lipinski definition) is 0. The van der Waals surface area contributed by atoms with Gasteiger partial charge in [-0.25, -0.2) is 0 Å². The van der Waals surface area contributed by atoms with Crippen LogP contribution in [0.25, 0.3) is 0 Å². The van der Waals surface area contributed by atoms with Crippen molar-refractivity contribution < 1.29 is 4.79 Å². The highest BCUT2D eigenvalue weighted by Gasteiger charge is 2.24. The summed E-state index contributed by atoms with van der Waals surface area (Å²) in [6.07, 6.45) is 0. The number of thioether (sulfide) groups is 1. The van der Waals surface area contributed by atoms with Gasteiger partial charge in [0.1, 0.15) is 0 Å². The van der Waals surface area contributed by atoms with E-state index < -0.39 is 0 Å². The van der Waals surface area contributed by atoms with Crippen LogP contribution in [0.2, 0.25) is 0 Å². The van der Waals surface area contributed by atoms with E-state index in [0.29, 0.717) is 6.04 Å². The van der Waals surface area contributed by atoms with Crippen molar-refractivity contribution in [1.29, 1.82) is 0 Å². The van der Waals surface area contributed by atoms with Crippen molar-refractivity contribution in [3.8, 4) is 0 Å². The van der Waals surface area contributed by atoms with E-state index >= 15 is 0 Å². The van der Waals surface area contributed by atoms with Crippen molar-refractivity contribution in [3.05, 3.63) is 33.4 Å². The molecule has 2 nitrogen and oxygen atoms in total. The third-order valence-electron chi connectivity index (χ3n) is 2.70. The zero-order valence-electron chi connectivity index (χ0n) is 9.15. The summed E-state index contributed by atoms with van der Waals surface area (Å²) in [6.45, 7) is 2.99. The number of carbonyl (C=O) groups is 1. The minimum Gasteiger partial charge on any atom is -0.334 e. The molecule has 0 aliphatic carbocycles. The van der Waals surface area contributed by atoms with Crippen molar-refractivity contribution in [1.82, 2.24) is 4.90 Å². The van der Waals surface area contributed by atoms with Gasteiger partial charge < -0.3 is 4.90 Å². The number of rotatable bonds is 1. The fourth-order valence-corrected chi connectivity index (χ4v) is 3.37. The predicted molar refractivity (Wildman–Crippen MR) is 77.0 cm³/mol. The van der Waals surface area contributed by atoms with E-state index in [9.17, 15) is 4.79 Å². The summed E-state index contributed by atoms with van der Waals surface area (Å²) in [5.41, 5.74) is 0.811. The number of nitrogens with zero attached hydrogens (tertiary/aromatic N) is 1. The fraction of sp³-hybridized carbons (Fsp3) is 0.417. The molecule has 1 saturated heterocycles. The number of carbonyl (C=O) groups excluding carboxylic acids is 1. The monoisotopic (exact) mass is 347 g/mol. The zero-order chi connectivity index (χ0) is 11.5. The van der Waals surface area contributed by atoms with Crippen LogP contribution in [0.3, 0.4) is 0 Å². The molecule has 1 amide bonds. The lowest BCUT2D eigenvalue weighted by molar-refractivity contribution is 0.0716. The van der Waals surface area contributed by atoms with Gasteiger partial charge in [-0.2, -0.15) is 11.8 Å². The average Bonchev–Trinajstić information content (AvgIpc) is 2.29. The zero-order valence-corrected chi connectivity index (χ0v) is 12.1. The summed E-state index contributed by atoms with van der Waals surface area (Å²) in [5.74, 6) is 2.28. The summed E-state index contributed by atoms with van der Waals surface area (Å²) in [4.78, 5) is 14.3. The smallest absolute Gasteiger partial charge is 0.254 e. The average molecular weight is 347 g/mol. The van der Waals surface area contributed by atoms with Crippen LogP contribution in [0.4, 0.5) is 0 Å². The van der Waals surface area contributed by atoms with E-state index in [1.165, 1.54) is 0 Å². The molecule has 1 aliphatic heterocycles. The molecule has 0 spiro atoms. The second-order valence-electron chi connectivity index (χ2n) is 3.93. The Hall–Kier alpha value is -0.230. The number of benzene rings is 1. The van der Waals surface area contributed by atoms with Gasteiger partial charge >= 0.3 is 0 Å². The lowest BCUT2D eigenvalue weighted by Crippen LogP contribution is -2.44. The molecule has 1 atom stereocenters. The predicted octanol–water partition coefficient (Wildman–Crippen LogP) is 2.87. The van der Waals surface area contributed by atoms with Gasteiger partial charge in [-0.3, -0.25) is 4.79 Å². The molecule has 0 saturated carbocycles. The van der Waals surface area contributed by atoms with Gasteiger partial charge in [0.25, 0.3) is 5.91 Å². The van der Waals surface area contributed by atoms with Crippen LogP contribution < -0.4 is 0 Å². The first kappa shape index (κ1) is 12.2. The lowest BCUT2D eigenvalue weighted by Gasteiger charge is -2.33. The first-order chi connectivity index (χ1) is 7.68. The number of hydrogen-bond acceptors (Lipinski definition) is 2. The molecule has 1 unspecified atom stereocenters. The molecular formula is C12H14INOS. The first-order valence-electron chi connectivity index (χ1n) is 5.33. The highest BCUT2D eigenvalue weighted by molar-refractivity contribution is 14.1. The summed E-state index contributed by atoms with van der Waals surface area (Å²) < 4.78 is 1.11. The van der Waals surface area contributed by atoms with E-state index in [0.717, 1.165) is 27.2 Å². The van der Waals surface area contributed by atoms with Gasteiger partial charge in [-0.1, -0.05) is 6.07 Å². The highest BCUT2D eigenvalue weighted by Crippen LogP contribution is 2.19. The largest absolute Gasteiger partial charge is 0.334 e. The molecule has 1 heterocycles. The molecule has 1 fully saturated rings. The third kappa shape index (κ3) is 2.71. The van der Waals surface area contributed by atoms with Gasteiger partial charge in [0.15, 0.2) is 0 Å². The number of amides is 1. The SMILES string of the molecule is CC1CSCCN1C(=O)c1cccc(I)c1. The molecule has 4 heteroatoms. The van der Waals surface area contributed by atoms with Crippen LogP contribution in [0.15, 0.2) is 24.3 Å². The van der Waals surface area contributed by atoms with Crippen LogP contribution in [0.5, 0.6) is 0 Å². The minimum atomic E-state index is 0.173. The summed E-state index contributed by atoms with van der Waals surface area (Å²) in [6, 6.07) is 8.16. The topological polar surface area (TPSA) is 20.3 Å². The van der Waals surface area contributed by atoms with E-state index in [2.05, 4.69) is 29.5 Å². The molecule has 2 rings (SSSR count). The minimum absolute atomic E-state index is 0.173. The van der Waals surface area contributed by atoms with Gasteiger partial charge in [-0.05, 0) is 47.7 Å². The summed E-state index contributed by atoms with van der Waals surface area (Å²) >= 11 is 4.17. The van der Waals surface area contributed by atoms with E-state index in [4.69, 9.17) is 0 Å². The molecule has 0 bridgehead atoms. The molecule has 0 aromatic heterocycles. The third-order valence-corrected chi connectivity index (χ3v) is 4.56. The van der Waals surface area contributed by atoms with E-state index in [-0.39, 0.29) is 5.91 Å². The Bertz CT molecular complexity index is 396. The molecule has 1 aromatic carbocycles. The number of halogens is 1. The van der Waals surface area contributed by atoms with Crippen molar-refractivity contribution in [2.75, 3.05) is 18.1 Å². The highest BCUT2D eigenvalue weighted by atomic mass is 127. The van der Waals surface area contributed by atoms with Crippen molar-refractivity contribution in [2.24, 2.45) is 0 Å². The molecular weight excluding hydrogens is 333 g/mol. The lowest BCUT2D eigenvalue weighted by atomic mass is 10.1. The quantitative estimate of drug-likeness (QED) is 0.728. The second-order valence-corrected chi connectivity index (χ2v) is 6.33. The molecule has 0 N–H and O–H groups in total. The molecule has 1 aromatic rings. The molecule has 0 radical (unpaired) electrons. The Balaban J connectivity index is 2.17. The molecule has 86 valence electrons. The van der Waals surface area contributed by atoms with E-state index in [1.54, 1.807) is 0 Å². The Morgan fingerprint density at radius 1 is 1.56 bits per heavy atom.